The second kappa shape index (κ2) is 4.92. The van der Waals surface area contributed by atoms with Gasteiger partial charge in [-0.15, -0.1) is 0 Å². The van der Waals surface area contributed by atoms with Gasteiger partial charge in [0.2, 0.25) is 0 Å². The molecule has 0 saturated carbocycles. The maximum Gasteiger partial charge on any atom is 0.304 e. The van der Waals surface area contributed by atoms with E-state index in [1.807, 2.05) is 0 Å². The highest BCUT2D eigenvalue weighted by Gasteiger charge is 1.90. The fourth-order valence-corrected chi connectivity index (χ4v) is 0.314. The predicted molar refractivity (Wildman–Crippen MR) is 34.8 cm³/mol. The third-order valence-corrected chi connectivity index (χ3v) is 0.668. The van der Waals surface area contributed by atoms with E-state index in [0.717, 1.165) is 0 Å². The third kappa shape index (κ3) is 6.77. The molecular formula is C7H8O2. The van der Waals surface area contributed by atoms with Crippen LogP contribution in [-0.2, 0) is 4.79 Å². The van der Waals surface area contributed by atoms with Gasteiger partial charge in [0, 0.05) is 6.42 Å². The van der Waals surface area contributed by atoms with Crippen LogP contribution in [0, 0.1) is 11.8 Å². The lowest BCUT2D eigenvalue weighted by Gasteiger charge is -1.81. The number of rotatable bonds is 2. The second-order valence-corrected chi connectivity index (χ2v) is 1.42. The van der Waals surface area contributed by atoms with Crippen molar-refractivity contribution in [2.45, 2.75) is 12.8 Å². The zero-order valence-corrected chi connectivity index (χ0v) is 5.05. The highest BCUT2D eigenvalue weighted by Crippen LogP contribution is 1.84. The van der Waals surface area contributed by atoms with E-state index in [1.165, 1.54) is 6.08 Å². The van der Waals surface area contributed by atoms with E-state index >= 15 is 0 Å². The van der Waals surface area contributed by atoms with Crippen molar-refractivity contribution in [3.05, 3.63) is 12.7 Å². The summed E-state index contributed by atoms with van der Waals surface area (Å²) in [6, 6.07) is 0. The van der Waals surface area contributed by atoms with Crippen LogP contribution in [0.3, 0.4) is 0 Å². The Kier molecular flexibility index (Phi) is 4.25. The highest BCUT2D eigenvalue weighted by molar-refractivity contribution is 5.67. The maximum absolute atomic E-state index is 9.87. The molecule has 0 saturated heterocycles. The molecule has 0 bridgehead atoms. The lowest BCUT2D eigenvalue weighted by atomic mass is 10.3. The molecular weight excluding hydrogens is 116 g/mol. The molecule has 9 heavy (non-hydrogen) atoms. The lowest BCUT2D eigenvalue weighted by Crippen LogP contribution is -1.91. The Hall–Kier alpha value is -1.23. The van der Waals surface area contributed by atoms with E-state index in [9.17, 15) is 4.79 Å². The molecule has 0 rings (SSSR count). The van der Waals surface area contributed by atoms with Gasteiger partial charge in [0.05, 0.1) is 6.42 Å². The Morgan fingerprint density at radius 2 is 2.44 bits per heavy atom. The molecule has 0 spiro atoms. The van der Waals surface area contributed by atoms with Crippen LogP contribution in [0.25, 0.3) is 0 Å². The second-order valence-electron chi connectivity index (χ2n) is 1.42. The van der Waals surface area contributed by atoms with Crippen LogP contribution in [0.15, 0.2) is 12.7 Å². The van der Waals surface area contributed by atoms with Crippen molar-refractivity contribution in [3.63, 3.8) is 0 Å². The molecule has 0 heterocycles. The molecule has 0 fully saturated rings. The maximum atomic E-state index is 9.87. The van der Waals surface area contributed by atoms with Crippen molar-refractivity contribution < 1.29 is 9.90 Å². The molecule has 0 aromatic carbocycles. The number of aliphatic carboxylic acids is 1. The number of hydrogen-bond acceptors (Lipinski definition) is 1. The number of carbonyl (C=O) groups is 1. The van der Waals surface area contributed by atoms with Crippen molar-refractivity contribution in [2.24, 2.45) is 0 Å². The minimum atomic E-state index is -0.812. The molecule has 0 aromatic heterocycles. The summed E-state index contributed by atoms with van der Waals surface area (Å²) in [7, 11) is 0. The van der Waals surface area contributed by atoms with E-state index in [2.05, 4.69) is 18.4 Å². The van der Waals surface area contributed by atoms with Crippen LogP contribution in [0.1, 0.15) is 12.8 Å². The first kappa shape index (κ1) is 7.77. The molecule has 0 aliphatic rings. The van der Waals surface area contributed by atoms with Crippen LogP contribution in [-0.4, -0.2) is 11.1 Å². The van der Waals surface area contributed by atoms with Crippen molar-refractivity contribution in [2.75, 3.05) is 0 Å². The summed E-state index contributed by atoms with van der Waals surface area (Å²) in [6.45, 7) is 3.36. The average Bonchev–Trinajstić information content (AvgIpc) is 1.80. The van der Waals surface area contributed by atoms with Crippen molar-refractivity contribution in [1.29, 1.82) is 0 Å². The van der Waals surface area contributed by atoms with Gasteiger partial charge >= 0.3 is 5.97 Å². The van der Waals surface area contributed by atoms with Crippen molar-refractivity contribution in [1.82, 2.24) is 0 Å². The van der Waals surface area contributed by atoms with Crippen LogP contribution in [0.5, 0.6) is 0 Å². The largest absolute Gasteiger partial charge is 0.481 e. The predicted octanol–water partition coefficient (Wildman–Crippen LogP) is 1.04. The molecule has 1 N–H and O–H groups in total. The van der Waals surface area contributed by atoms with Crippen LogP contribution >= 0.6 is 0 Å². The summed E-state index contributed by atoms with van der Waals surface area (Å²) in [5.41, 5.74) is 0. The van der Waals surface area contributed by atoms with Crippen LogP contribution in [0.2, 0.25) is 0 Å². The molecule has 2 nitrogen and oxygen atoms in total. The van der Waals surface area contributed by atoms with E-state index in [4.69, 9.17) is 5.11 Å². The third-order valence-electron chi connectivity index (χ3n) is 0.668. The monoisotopic (exact) mass is 124 g/mol. The van der Waals surface area contributed by atoms with Gasteiger partial charge in [0.1, 0.15) is 0 Å². The Morgan fingerprint density at radius 3 is 2.89 bits per heavy atom. The Labute approximate surface area is 54.2 Å². The van der Waals surface area contributed by atoms with Gasteiger partial charge in [-0.2, -0.15) is 0 Å². The summed E-state index contributed by atoms with van der Waals surface area (Å²) in [4.78, 5) is 9.87. The highest BCUT2D eigenvalue weighted by atomic mass is 16.4. The van der Waals surface area contributed by atoms with Gasteiger partial charge in [0.25, 0.3) is 0 Å². The van der Waals surface area contributed by atoms with E-state index in [0.29, 0.717) is 6.42 Å². The fourth-order valence-electron chi connectivity index (χ4n) is 0.314. The number of carboxylic acid groups (broad SMARTS) is 1. The SMILES string of the molecule is C=CC#CCCC(=O)O. The van der Waals surface area contributed by atoms with Crippen LogP contribution in [0.4, 0.5) is 0 Å². The smallest absolute Gasteiger partial charge is 0.304 e. The molecule has 0 radical (unpaired) electrons. The van der Waals surface area contributed by atoms with Crippen molar-refractivity contribution >= 4 is 5.97 Å². The quantitative estimate of drug-likeness (QED) is 0.558. The van der Waals surface area contributed by atoms with Gasteiger partial charge in [-0.05, 0) is 6.08 Å². The molecule has 0 amide bonds. The average molecular weight is 124 g/mol. The molecule has 0 unspecified atom stereocenters. The Balaban J connectivity index is 3.29. The van der Waals surface area contributed by atoms with Crippen LogP contribution < -0.4 is 0 Å². The molecule has 0 aliphatic heterocycles. The minimum Gasteiger partial charge on any atom is -0.481 e. The summed E-state index contributed by atoms with van der Waals surface area (Å²) in [6.07, 6.45) is 1.96. The van der Waals surface area contributed by atoms with E-state index < -0.39 is 5.97 Å². The molecule has 2 heteroatoms. The van der Waals surface area contributed by atoms with E-state index in [1.54, 1.807) is 0 Å². The normalized spacial score (nSPS) is 7.11. The Bertz CT molecular complexity index is 159. The van der Waals surface area contributed by atoms with Gasteiger partial charge in [-0.25, -0.2) is 0 Å². The molecule has 48 valence electrons. The first-order valence-electron chi connectivity index (χ1n) is 2.58. The fraction of sp³-hybridized carbons (Fsp3) is 0.286. The van der Waals surface area contributed by atoms with Crippen molar-refractivity contribution in [3.8, 4) is 11.8 Å². The molecule has 0 aliphatic carbocycles. The van der Waals surface area contributed by atoms with Gasteiger partial charge in [-0.1, -0.05) is 18.4 Å². The number of carboxylic acids is 1. The summed E-state index contributed by atoms with van der Waals surface area (Å²) in [5, 5.41) is 8.12. The number of hydrogen-bond donors (Lipinski definition) is 1. The molecule has 0 aromatic rings. The zero-order chi connectivity index (χ0) is 7.11. The summed E-state index contributed by atoms with van der Waals surface area (Å²) in [5.74, 6) is 4.36. The first-order chi connectivity index (χ1) is 4.27. The minimum absolute atomic E-state index is 0.112. The van der Waals surface area contributed by atoms with Gasteiger partial charge in [0.15, 0.2) is 0 Å². The standard InChI is InChI=1S/C7H8O2/c1-2-3-4-5-6-7(8)9/h2H,1,5-6H2,(H,8,9). The first-order valence-corrected chi connectivity index (χ1v) is 2.58. The molecule has 0 atom stereocenters. The summed E-state index contributed by atoms with van der Waals surface area (Å²) < 4.78 is 0. The van der Waals surface area contributed by atoms with Gasteiger partial charge < -0.3 is 5.11 Å². The van der Waals surface area contributed by atoms with E-state index in [-0.39, 0.29) is 6.42 Å². The Morgan fingerprint density at radius 1 is 1.78 bits per heavy atom. The number of allylic oxidation sites excluding steroid dienone is 1. The lowest BCUT2D eigenvalue weighted by molar-refractivity contribution is -0.136. The van der Waals surface area contributed by atoms with Gasteiger partial charge in [-0.3, -0.25) is 4.79 Å². The topological polar surface area (TPSA) is 37.3 Å². The zero-order valence-electron chi connectivity index (χ0n) is 5.05. The summed E-state index contributed by atoms with van der Waals surface area (Å²) >= 11 is 0.